The van der Waals surface area contributed by atoms with Gasteiger partial charge in [-0.1, -0.05) is 130 Å². The van der Waals surface area contributed by atoms with E-state index in [-0.39, 0.29) is 0 Å². The van der Waals surface area contributed by atoms with Gasteiger partial charge >= 0.3 is 0 Å². The van der Waals surface area contributed by atoms with E-state index in [0.29, 0.717) is 6.04 Å². The van der Waals surface area contributed by atoms with E-state index in [0.717, 1.165) is 0 Å². The molecule has 1 N–H and O–H groups in total. The highest BCUT2D eigenvalue weighted by atomic mass is 14.9. The number of nitrogens with one attached hydrogen (secondary N) is 1. The van der Waals surface area contributed by atoms with Gasteiger partial charge in [-0.3, -0.25) is 0 Å². The summed E-state index contributed by atoms with van der Waals surface area (Å²) < 4.78 is 0. The Labute approximate surface area is 154 Å². The first-order valence-corrected chi connectivity index (χ1v) is 11.5. The average molecular weight is 340 g/mol. The van der Waals surface area contributed by atoms with E-state index in [9.17, 15) is 0 Å². The van der Waals surface area contributed by atoms with Crippen LogP contribution in [0.25, 0.3) is 0 Å². The summed E-state index contributed by atoms with van der Waals surface area (Å²) in [6, 6.07) is 0.649. The molecule has 0 amide bonds. The Morgan fingerprint density at radius 2 is 0.750 bits per heavy atom. The van der Waals surface area contributed by atoms with Gasteiger partial charge in [-0.2, -0.15) is 0 Å². The average Bonchev–Trinajstić information content (AvgIpc) is 2.56. The van der Waals surface area contributed by atoms with Gasteiger partial charge in [0, 0.05) is 6.04 Å². The molecule has 0 aliphatic heterocycles. The lowest BCUT2D eigenvalue weighted by atomic mass is 10.0. The molecule has 0 fully saturated rings. The van der Waals surface area contributed by atoms with Crippen molar-refractivity contribution in [3.63, 3.8) is 0 Å². The van der Waals surface area contributed by atoms with E-state index in [2.05, 4.69) is 26.1 Å². The van der Waals surface area contributed by atoms with Gasteiger partial charge < -0.3 is 5.32 Å². The van der Waals surface area contributed by atoms with Crippen LogP contribution in [0.15, 0.2) is 0 Å². The van der Waals surface area contributed by atoms with Crippen molar-refractivity contribution in [2.45, 2.75) is 142 Å². The lowest BCUT2D eigenvalue weighted by Crippen LogP contribution is -2.23. The van der Waals surface area contributed by atoms with Crippen LogP contribution in [0, 0.1) is 0 Å². The van der Waals surface area contributed by atoms with Gasteiger partial charge in [-0.05, 0) is 13.0 Å². The molecule has 0 radical (unpaired) electrons. The molecule has 0 rings (SSSR count). The van der Waals surface area contributed by atoms with Crippen LogP contribution in [-0.2, 0) is 0 Å². The fourth-order valence-corrected chi connectivity index (χ4v) is 3.42. The third kappa shape index (κ3) is 22.0. The molecule has 0 atom stereocenters. The Balaban J connectivity index is 2.95. The van der Waals surface area contributed by atoms with E-state index in [1.165, 1.54) is 122 Å². The second kappa shape index (κ2) is 21.0. The summed E-state index contributed by atoms with van der Waals surface area (Å²) in [5.74, 6) is 0. The fourth-order valence-electron chi connectivity index (χ4n) is 3.42. The van der Waals surface area contributed by atoms with Crippen LogP contribution in [0.1, 0.15) is 136 Å². The Morgan fingerprint density at radius 3 is 1.04 bits per heavy atom. The summed E-state index contributed by atoms with van der Waals surface area (Å²) in [7, 11) is 0. The van der Waals surface area contributed by atoms with Crippen LogP contribution in [0.5, 0.6) is 0 Å². The highest BCUT2D eigenvalue weighted by molar-refractivity contribution is 4.54. The molecule has 0 aromatic heterocycles. The molecular weight excluding hydrogens is 290 g/mol. The van der Waals surface area contributed by atoms with Gasteiger partial charge in [-0.15, -0.1) is 0 Å². The third-order valence-corrected chi connectivity index (χ3v) is 5.08. The van der Waals surface area contributed by atoms with Crippen molar-refractivity contribution in [1.29, 1.82) is 0 Å². The second-order valence-electron chi connectivity index (χ2n) is 8.12. The zero-order chi connectivity index (χ0) is 17.7. The summed E-state index contributed by atoms with van der Waals surface area (Å²) in [5, 5.41) is 3.50. The molecule has 0 heterocycles. The highest BCUT2D eigenvalue weighted by Crippen LogP contribution is 2.14. The molecule has 0 saturated carbocycles. The van der Waals surface area contributed by atoms with Gasteiger partial charge in [-0.25, -0.2) is 0 Å². The van der Waals surface area contributed by atoms with Gasteiger partial charge in [0.25, 0.3) is 0 Å². The molecule has 146 valence electrons. The SMILES string of the molecule is CCCCCCCCCCCCCCCCCCCCNC(C)C. The monoisotopic (exact) mass is 339 g/mol. The van der Waals surface area contributed by atoms with Crippen molar-refractivity contribution in [1.82, 2.24) is 5.32 Å². The molecule has 24 heavy (non-hydrogen) atoms. The van der Waals surface area contributed by atoms with E-state index < -0.39 is 0 Å². The largest absolute Gasteiger partial charge is 0.315 e. The predicted molar refractivity (Wildman–Crippen MR) is 112 cm³/mol. The molecule has 0 unspecified atom stereocenters. The number of hydrogen-bond acceptors (Lipinski definition) is 1. The van der Waals surface area contributed by atoms with Crippen LogP contribution < -0.4 is 5.32 Å². The van der Waals surface area contributed by atoms with Gasteiger partial charge in [0.2, 0.25) is 0 Å². The lowest BCUT2D eigenvalue weighted by Gasteiger charge is -2.07. The molecule has 1 nitrogen and oxygen atoms in total. The van der Waals surface area contributed by atoms with E-state index in [1.54, 1.807) is 0 Å². The first kappa shape index (κ1) is 24.0. The minimum Gasteiger partial charge on any atom is -0.315 e. The number of rotatable bonds is 20. The van der Waals surface area contributed by atoms with Crippen molar-refractivity contribution in [3.8, 4) is 0 Å². The molecule has 0 spiro atoms. The standard InChI is InChI=1S/C23H49N/c1-4-5-6-7-8-9-10-11-12-13-14-15-16-17-18-19-20-21-22-24-23(2)3/h23-24H,4-22H2,1-3H3. The summed E-state index contributed by atoms with van der Waals surface area (Å²) in [5.41, 5.74) is 0. The quantitative estimate of drug-likeness (QED) is 0.221. The van der Waals surface area contributed by atoms with E-state index >= 15 is 0 Å². The fraction of sp³-hybridized carbons (Fsp3) is 1.00. The van der Waals surface area contributed by atoms with Crippen molar-refractivity contribution in [2.75, 3.05) is 6.54 Å². The lowest BCUT2D eigenvalue weighted by molar-refractivity contribution is 0.514. The van der Waals surface area contributed by atoms with Crippen LogP contribution in [-0.4, -0.2) is 12.6 Å². The Morgan fingerprint density at radius 1 is 0.458 bits per heavy atom. The maximum atomic E-state index is 3.50. The van der Waals surface area contributed by atoms with Crippen LogP contribution in [0.2, 0.25) is 0 Å². The summed E-state index contributed by atoms with van der Waals surface area (Å²) >= 11 is 0. The Kier molecular flexibility index (Phi) is 21.0. The maximum absolute atomic E-state index is 3.50. The van der Waals surface area contributed by atoms with Crippen molar-refractivity contribution < 1.29 is 0 Å². The molecular formula is C23H49N. The predicted octanol–water partition coefficient (Wildman–Crippen LogP) is 8.03. The van der Waals surface area contributed by atoms with Crippen LogP contribution in [0.4, 0.5) is 0 Å². The molecule has 0 aliphatic rings. The summed E-state index contributed by atoms with van der Waals surface area (Å²) in [6.45, 7) is 7.96. The Hall–Kier alpha value is -0.0400. The zero-order valence-electron chi connectivity index (χ0n) is 17.5. The molecule has 1 heteroatoms. The zero-order valence-corrected chi connectivity index (χ0v) is 17.5. The van der Waals surface area contributed by atoms with Gasteiger partial charge in [0.15, 0.2) is 0 Å². The van der Waals surface area contributed by atoms with Crippen LogP contribution >= 0.6 is 0 Å². The van der Waals surface area contributed by atoms with Crippen molar-refractivity contribution >= 4 is 0 Å². The Bertz CT molecular complexity index is 212. The van der Waals surface area contributed by atoms with Crippen molar-refractivity contribution in [3.05, 3.63) is 0 Å². The van der Waals surface area contributed by atoms with E-state index in [1.807, 2.05) is 0 Å². The van der Waals surface area contributed by atoms with Gasteiger partial charge in [0.1, 0.15) is 0 Å². The minimum absolute atomic E-state index is 0.649. The normalized spacial score (nSPS) is 11.5. The van der Waals surface area contributed by atoms with Crippen molar-refractivity contribution in [2.24, 2.45) is 0 Å². The topological polar surface area (TPSA) is 12.0 Å². The summed E-state index contributed by atoms with van der Waals surface area (Å²) in [6.07, 6.45) is 26.2. The molecule has 0 aromatic carbocycles. The summed E-state index contributed by atoms with van der Waals surface area (Å²) in [4.78, 5) is 0. The maximum Gasteiger partial charge on any atom is 0.00103 e. The van der Waals surface area contributed by atoms with E-state index in [4.69, 9.17) is 0 Å². The number of unbranched alkanes of at least 4 members (excludes halogenated alkanes) is 17. The number of hydrogen-bond donors (Lipinski definition) is 1. The first-order valence-electron chi connectivity index (χ1n) is 11.5. The third-order valence-electron chi connectivity index (χ3n) is 5.08. The molecule has 0 saturated heterocycles. The smallest absolute Gasteiger partial charge is 0.00103 e. The molecule has 0 aliphatic carbocycles. The highest BCUT2D eigenvalue weighted by Gasteiger charge is 1.95. The van der Waals surface area contributed by atoms with Gasteiger partial charge in [0.05, 0.1) is 0 Å². The molecule has 0 bridgehead atoms. The van der Waals surface area contributed by atoms with Crippen LogP contribution in [0.3, 0.4) is 0 Å². The minimum atomic E-state index is 0.649. The second-order valence-corrected chi connectivity index (χ2v) is 8.12. The first-order chi connectivity index (χ1) is 11.8. The molecule has 0 aromatic rings.